The molecule has 0 amide bonds. The molecular weight excluding hydrogens is 1880 g/mol. The highest BCUT2D eigenvalue weighted by Crippen LogP contribution is 2.44. The third-order valence-corrected chi connectivity index (χ3v) is 25.9. The van der Waals surface area contributed by atoms with E-state index in [1.807, 2.05) is 0 Å². The molecule has 5 saturated heterocycles. The van der Waals surface area contributed by atoms with Crippen molar-refractivity contribution in [2.45, 2.75) is 320 Å². The first kappa shape index (κ1) is 111. The van der Waals surface area contributed by atoms with E-state index in [-0.39, 0.29) is 51.2 Å². The minimum absolute atomic E-state index is 0.00493. The van der Waals surface area contributed by atoms with Gasteiger partial charge in [0.15, 0.2) is 103 Å². The van der Waals surface area contributed by atoms with Crippen LogP contribution in [0.1, 0.15) is 52.9 Å². The van der Waals surface area contributed by atoms with Crippen molar-refractivity contribution >= 4 is 86.5 Å². The summed E-state index contributed by atoms with van der Waals surface area (Å²) in [7, 11) is 4.45. The number of nitrogens with zero attached hydrogens (tertiary/aromatic N) is 5. The molecule has 4 aliphatic carbocycles. The van der Waals surface area contributed by atoms with Crippen LogP contribution in [0.25, 0.3) is 0 Å². The summed E-state index contributed by atoms with van der Waals surface area (Å²) in [4.78, 5) is 51.9. The number of unbranched alkanes of at least 4 members (excludes halogenated alkanes) is 2. The fourth-order valence-corrected chi connectivity index (χ4v) is 18.2. The zero-order valence-electron chi connectivity index (χ0n) is 71.8. The van der Waals surface area contributed by atoms with Crippen LogP contribution in [-0.2, 0) is 66.5 Å². The summed E-state index contributed by atoms with van der Waals surface area (Å²) in [5.74, 6) is -4.57. The van der Waals surface area contributed by atoms with Crippen LogP contribution < -0.4 is 72.9 Å². The first-order valence-corrected chi connectivity index (χ1v) is 43.8. The van der Waals surface area contributed by atoms with Gasteiger partial charge in [-0.2, -0.15) is 0 Å². The number of ether oxygens (including phenoxy) is 11. The number of halogens is 2. The number of carbonyl (C=O) groups excluding carboxylic acids is 3. The van der Waals surface area contributed by atoms with E-state index in [9.17, 15) is 122 Å². The molecule has 46 N–H and O–H groups in total. The monoisotopic (exact) mass is 2010 g/mol. The summed E-state index contributed by atoms with van der Waals surface area (Å²) in [6.45, 7) is 1.66. The van der Waals surface area contributed by atoms with Gasteiger partial charge in [-0.15, -0.1) is 0 Å². The number of carbonyl (C=O) groups is 3. The molecule has 56 nitrogen and oxygen atoms in total. The lowest BCUT2D eigenvalue weighted by Gasteiger charge is -2.48. The third-order valence-electron chi connectivity index (χ3n) is 24.8. The molecule has 9 rings (SSSR count). The second kappa shape index (κ2) is 48.3. The molecule has 18 unspecified atom stereocenters. The van der Waals surface area contributed by atoms with E-state index in [4.69, 9.17) is 120 Å². The molecule has 9 fully saturated rings. The molecule has 5 heterocycles. The molecule has 0 aromatic heterocycles. The topological polar surface area (TPSA) is 975 Å². The smallest absolute Gasteiger partial charge is 0.188 e. The predicted octanol–water partition coefficient (Wildman–Crippen LogP) is -19.4. The van der Waals surface area contributed by atoms with Crippen LogP contribution in [0.3, 0.4) is 0 Å². The Kier molecular flexibility index (Phi) is 41.3. The summed E-state index contributed by atoms with van der Waals surface area (Å²) in [6.07, 6.45) is -51.0. The number of likely N-dealkylation sites (N-methyl/N-ethyl adjacent to an activating group) is 3. The van der Waals surface area contributed by atoms with E-state index in [1.54, 1.807) is 0 Å². The SMILES string of the molecule is BrCCCCBr.CNC1[C@@H](O)[C@@H](O)C(CO)C[C@H]1OC1[C@H](O[C@@H]2C(O)[C@@H](O)C(N=C(N)N)C(O)[C@@H]2NC(=N)N)O[C@@H](C)[C@@]1(O)C=O.C[C@@H]1O[C@@H](O[C@@H]2C(O)[C@@H](O)C(N=C(N)N)C(O)[C@@H]2NC(=N)N)C(O[C@@H]2OC(CO)[C@H](O)[C@H](O)C2N(C)CCCCN(C)C2[C@H](OC3[C@H](O[C@@H]4C(O)[C@@H](O)C(N=C(N)N)C(O)[C@@H]4NC(=N)N)O[C@@H](C)[C@@]3(O)C=O)OC(CO)[C@H](O)[C@@H]2O)[C@]1(O)C=O. The predicted molar refractivity (Wildman–Crippen MR) is 453 cm³/mol. The molecule has 9 aliphatic rings. The maximum atomic E-state index is 12.8. The number of aliphatic hydroxyl groups is 21. The number of nitrogens with two attached hydrogens (primary N) is 9. The van der Waals surface area contributed by atoms with Crippen LogP contribution in [0.5, 0.6) is 0 Å². The highest BCUT2D eigenvalue weighted by Gasteiger charge is 2.66. The van der Waals surface area contributed by atoms with Crippen molar-refractivity contribution in [2.75, 3.05) is 64.7 Å². The molecule has 130 heavy (non-hydrogen) atoms. The van der Waals surface area contributed by atoms with E-state index in [0.29, 0.717) is 0 Å². The number of aliphatic imine (C=N–C) groups is 3. The van der Waals surface area contributed by atoms with Crippen molar-refractivity contribution in [3.63, 3.8) is 0 Å². The fourth-order valence-electron chi connectivity index (χ4n) is 17.4. The Balaban J connectivity index is 0.000000415. The molecular formula is C72H133Br2N21O35. The molecule has 4 saturated carbocycles. The van der Waals surface area contributed by atoms with Crippen molar-refractivity contribution in [3.8, 4) is 0 Å². The van der Waals surface area contributed by atoms with Crippen LogP contribution in [0.4, 0.5) is 0 Å². The van der Waals surface area contributed by atoms with E-state index < -0.39 is 329 Å². The summed E-state index contributed by atoms with van der Waals surface area (Å²) >= 11 is 6.66. The van der Waals surface area contributed by atoms with Gasteiger partial charge in [0.25, 0.3) is 0 Å². The van der Waals surface area contributed by atoms with Gasteiger partial charge in [0.2, 0.25) is 0 Å². The average Bonchev–Trinajstić information content (AvgIpc) is 1.52. The highest BCUT2D eigenvalue weighted by atomic mass is 79.9. The number of hydrogen-bond donors (Lipinski definition) is 37. The second-order valence-corrected chi connectivity index (χ2v) is 35.0. The Hall–Kier alpha value is -5.81. The van der Waals surface area contributed by atoms with Crippen LogP contribution in [0.15, 0.2) is 15.0 Å². The van der Waals surface area contributed by atoms with Gasteiger partial charge in [-0.05, 0) is 87.1 Å². The minimum atomic E-state index is -2.61. The number of nitrogens with one attached hydrogen (secondary N) is 7. The molecule has 0 radical (unpaired) electrons. The van der Waals surface area contributed by atoms with E-state index in [1.165, 1.54) is 64.6 Å². The van der Waals surface area contributed by atoms with Gasteiger partial charge in [0.1, 0.15) is 146 Å². The van der Waals surface area contributed by atoms with Gasteiger partial charge < -0.3 is 232 Å². The third kappa shape index (κ3) is 24.8. The van der Waals surface area contributed by atoms with Gasteiger partial charge in [-0.3, -0.25) is 40.4 Å². The number of aldehydes is 3. The van der Waals surface area contributed by atoms with Crippen LogP contribution in [-0.4, -0.2) is 504 Å². The number of aliphatic hydroxyl groups excluding tert-OH is 18. The Bertz CT molecular complexity index is 3560. The Morgan fingerprint density at radius 2 is 0.708 bits per heavy atom. The molecule has 0 bridgehead atoms. The first-order chi connectivity index (χ1) is 60.9. The lowest BCUT2D eigenvalue weighted by Crippen LogP contribution is -2.70. The molecule has 58 heteroatoms. The normalized spacial score (nSPS) is 44.8. The van der Waals surface area contributed by atoms with Gasteiger partial charge in [0, 0.05) is 23.2 Å². The van der Waals surface area contributed by atoms with Crippen LogP contribution >= 0.6 is 31.9 Å². The zero-order valence-corrected chi connectivity index (χ0v) is 74.9. The molecule has 750 valence electrons. The van der Waals surface area contributed by atoms with Crippen LogP contribution in [0.2, 0.25) is 0 Å². The van der Waals surface area contributed by atoms with E-state index in [0.717, 1.165) is 10.7 Å². The minimum Gasteiger partial charge on any atom is -0.396 e. The standard InChI is InChI=1S/C46H84N14O24.C22H41N7O11.C4H8Br2/c1-13-45(75,11-63)35(39(77-13)81-33-19(57-43(51)52)25(67)17(55-41(47)48)27(69)31(33)73)83-37-21(29(71)23(65)15(9-61)79-37)59(3)7-5-6-8-60(4)22-30(72)24(66)16(10-62)80-38(22)84-36-40(78-14(2)46(36,76)12-64)82-34-20(58-44(53)54)26(68)18(56-42(49)50)28(70)32(34)74;1-6-22(37,5-31)18(39-8-3-7(4-30)12(32)14(34)9(8)27-2)19(38-6)40-17-11(29-21(25)26)13(33)10(28-20(23)24)15(35)16(17)36;5-3-1-2-4-6/h11-40,61-62,65-76H,5-10H2,1-4H3,(H4,47,48,55)(H4,49,50,56)(H4,51,52,57)(H4,53,54,58);5-19,27,30,32-37H,3-4H2,1-2H3,(H4,23,24,28)(H4,25,26,29);1-4H2/t13-,14-,15?,16?,17?,18?,19-,20-,21?,22?,23-,24-,25?,26?,27-,28-,29+,30+,31?,32?,33-,34-,35?,36?,37-,38-,39-,40-,45-,46-;6-,7?,8+,9?,10?,11-,12-,13?,14+,15-,16?,17-,18?,19-,22-;/m00./s1. The van der Waals surface area contributed by atoms with Crippen molar-refractivity contribution in [1.82, 2.24) is 31.1 Å². The summed E-state index contributed by atoms with van der Waals surface area (Å²) in [6, 6.07) is -12.9. The van der Waals surface area contributed by atoms with Crippen molar-refractivity contribution in [2.24, 2.45) is 72.5 Å². The molecule has 0 aromatic rings. The maximum Gasteiger partial charge on any atom is 0.188 e. The second-order valence-electron chi connectivity index (χ2n) is 33.4. The van der Waals surface area contributed by atoms with Crippen molar-refractivity contribution < 1.29 is 174 Å². The Labute approximate surface area is 761 Å². The fraction of sp³-hybridized carbons (Fsp3) is 0.875. The zero-order chi connectivity index (χ0) is 97.7. The maximum absolute atomic E-state index is 12.8. The lowest BCUT2D eigenvalue weighted by atomic mass is 9.79. The van der Waals surface area contributed by atoms with Gasteiger partial charge in [-0.1, -0.05) is 31.9 Å². The summed E-state index contributed by atoms with van der Waals surface area (Å²) in [5.41, 5.74) is 41.9. The van der Waals surface area contributed by atoms with Gasteiger partial charge in [-0.25, -0.2) is 15.0 Å². The van der Waals surface area contributed by atoms with Crippen molar-refractivity contribution in [1.29, 1.82) is 16.2 Å². The quantitative estimate of drug-likeness (QED) is 0.00921. The molecule has 45 atom stereocenters. The Morgan fingerprint density at radius 3 is 0.962 bits per heavy atom. The van der Waals surface area contributed by atoms with Gasteiger partial charge in [0.05, 0.1) is 86.1 Å². The van der Waals surface area contributed by atoms with Crippen LogP contribution in [0, 0.1) is 22.1 Å². The summed E-state index contributed by atoms with van der Waals surface area (Å²) in [5, 5.41) is 267. The molecule has 0 spiro atoms. The van der Waals surface area contributed by atoms with E-state index in [2.05, 4.69) is 68.1 Å². The lowest BCUT2D eigenvalue weighted by molar-refractivity contribution is -0.325. The number of guanidine groups is 6. The number of alkyl halides is 2. The van der Waals surface area contributed by atoms with E-state index >= 15 is 0 Å². The number of rotatable bonds is 35. The first-order valence-electron chi connectivity index (χ1n) is 41.5. The number of hydrogen-bond acceptors (Lipinski definition) is 44. The largest absolute Gasteiger partial charge is 0.396 e. The average molecular weight is 2010 g/mol. The van der Waals surface area contributed by atoms with Gasteiger partial charge >= 0.3 is 0 Å². The van der Waals surface area contributed by atoms with Crippen molar-refractivity contribution in [3.05, 3.63) is 0 Å². The Morgan fingerprint density at radius 1 is 0.408 bits per heavy atom. The molecule has 5 aliphatic heterocycles. The summed E-state index contributed by atoms with van der Waals surface area (Å²) < 4.78 is 65.9. The highest BCUT2D eigenvalue weighted by molar-refractivity contribution is 9.09. The molecule has 0 aromatic carbocycles.